The van der Waals surface area contributed by atoms with Crippen LogP contribution in [0.4, 0.5) is 0 Å². The van der Waals surface area contributed by atoms with Gasteiger partial charge in [0, 0.05) is 12.8 Å². The van der Waals surface area contributed by atoms with E-state index < -0.39 is 35.7 Å². The number of rotatable bonds is 7. The van der Waals surface area contributed by atoms with Gasteiger partial charge in [0.05, 0.1) is 11.8 Å². The molecule has 0 heterocycles. The predicted octanol–water partition coefficient (Wildman–Crippen LogP) is 4.24. The van der Waals surface area contributed by atoms with Crippen molar-refractivity contribution < 1.29 is 39.6 Å². The Morgan fingerprint density at radius 1 is 0.688 bits per heavy atom. The largest absolute Gasteiger partial charge is 0.481 e. The summed E-state index contributed by atoms with van der Waals surface area (Å²) in [6, 6.07) is 0. The summed E-state index contributed by atoms with van der Waals surface area (Å²) in [6.07, 6.45) is 18.8. The lowest BCUT2D eigenvalue weighted by atomic mass is 9.95. The minimum absolute atomic E-state index is 0.0628. The van der Waals surface area contributed by atoms with E-state index in [1.807, 2.05) is 50.3 Å². The number of aliphatic carboxylic acids is 4. The zero-order valence-electron chi connectivity index (χ0n) is 18.2. The number of carboxylic acid groups (broad SMARTS) is 4. The predicted molar refractivity (Wildman–Crippen MR) is 120 cm³/mol. The van der Waals surface area contributed by atoms with Crippen molar-refractivity contribution in [2.45, 2.75) is 39.5 Å². The first kappa shape index (κ1) is 28.3. The first-order chi connectivity index (χ1) is 15.1. The van der Waals surface area contributed by atoms with Crippen molar-refractivity contribution in [1.29, 1.82) is 0 Å². The van der Waals surface area contributed by atoms with Crippen molar-refractivity contribution in [2.24, 2.45) is 11.8 Å². The van der Waals surface area contributed by atoms with E-state index in [1.165, 1.54) is 0 Å². The van der Waals surface area contributed by atoms with Gasteiger partial charge in [0.1, 0.15) is 0 Å². The Kier molecular flexibility index (Phi) is 14.2. The highest BCUT2D eigenvalue weighted by molar-refractivity contribution is 5.78. The van der Waals surface area contributed by atoms with Crippen molar-refractivity contribution in [2.75, 3.05) is 0 Å². The molecule has 4 N–H and O–H groups in total. The summed E-state index contributed by atoms with van der Waals surface area (Å²) >= 11 is 0. The fourth-order valence-electron chi connectivity index (χ4n) is 2.67. The molecule has 0 bridgehead atoms. The third kappa shape index (κ3) is 12.1. The van der Waals surface area contributed by atoms with Crippen LogP contribution in [0.25, 0.3) is 0 Å². The topological polar surface area (TPSA) is 149 Å². The third-order valence-electron chi connectivity index (χ3n) is 4.35. The molecule has 0 aromatic heterocycles. The van der Waals surface area contributed by atoms with Crippen molar-refractivity contribution in [1.82, 2.24) is 0 Å². The maximum Gasteiger partial charge on any atom is 0.314 e. The molecular weight excluding hydrogens is 416 g/mol. The van der Waals surface area contributed by atoms with E-state index >= 15 is 0 Å². The van der Waals surface area contributed by atoms with E-state index in [9.17, 15) is 19.2 Å². The van der Waals surface area contributed by atoms with Crippen LogP contribution in [0.15, 0.2) is 71.9 Å². The van der Waals surface area contributed by atoms with Crippen molar-refractivity contribution in [3.63, 3.8) is 0 Å². The Morgan fingerprint density at radius 3 is 1.25 bits per heavy atom. The Balaban J connectivity index is 0.000000452. The number of carboxylic acids is 4. The lowest BCUT2D eigenvalue weighted by Gasteiger charge is -2.10. The van der Waals surface area contributed by atoms with Gasteiger partial charge in [0.2, 0.25) is 0 Å². The van der Waals surface area contributed by atoms with E-state index in [4.69, 9.17) is 20.4 Å². The van der Waals surface area contributed by atoms with E-state index in [-0.39, 0.29) is 12.8 Å². The van der Waals surface area contributed by atoms with Gasteiger partial charge in [-0.05, 0) is 37.8 Å². The molecule has 2 atom stereocenters. The van der Waals surface area contributed by atoms with Crippen molar-refractivity contribution in [3.8, 4) is 0 Å². The van der Waals surface area contributed by atoms with Gasteiger partial charge in [-0.3, -0.25) is 19.2 Å². The number of hydrogen-bond donors (Lipinski definition) is 4. The van der Waals surface area contributed by atoms with Gasteiger partial charge in [-0.25, -0.2) is 0 Å². The van der Waals surface area contributed by atoms with Gasteiger partial charge in [0.15, 0.2) is 0 Å². The second-order valence-corrected chi connectivity index (χ2v) is 6.69. The molecule has 2 aliphatic carbocycles. The summed E-state index contributed by atoms with van der Waals surface area (Å²) in [7, 11) is 0. The van der Waals surface area contributed by atoms with Crippen LogP contribution >= 0.6 is 0 Å². The van der Waals surface area contributed by atoms with Gasteiger partial charge in [-0.2, -0.15) is 0 Å². The highest BCUT2D eigenvalue weighted by Crippen LogP contribution is 2.19. The number of carbonyl (C=O) groups is 4. The molecule has 0 fully saturated rings. The van der Waals surface area contributed by atoms with Crippen molar-refractivity contribution >= 4 is 23.9 Å². The van der Waals surface area contributed by atoms with Crippen LogP contribution in [-0.4, -0.2) is 44.3 Å². The molecule has 2 aliphatic rings. The second kappa shape index (κ2) is 16.1. The zero-order valence-corrected chi connectivity index (χ0v) is 18.2. The van der Waals surface area contributed by atoms with Crippen LogP contribution in [0.1, 0.15) is 39.5 Å². The summed E-state index contributed by atoms with van der Waals surface area (Å²) < 4.78 is 0. The molecule has 0 radical (unpaired) electrons. The molecule has 8 heteroatoms. The Bertz CT molecular complexity index is 770. The minimum Gasteiger partial charge on any atom is -0.481 e. The lowest BCUT2D eigenvalue weighted by Crippen LogP contribution is -2.13. The lowest BCUT2D eigenvalue weighted by molar-refractivity contribution is -0.139. The van der Waals surface area contributed by atoms with Crippen LogP contribution < -0.4 is 0 Å². The van der Waals surface area contributed by atoms with Crippen LogP contribution in [-0.2, 0) is 19.2 Å². The summed E-state index contributed by atoms with van der Waals surface area (Å²) in [5.74, 6) is -4.23. The fourth-order valence-corrected chi connectivity index (χ4v) is 2.67. The molecule has 8 nitrogen and oxygen atoms in total. The quantitative estimate of drug-likeness (QED) is 0.424. The number of allylic oxidation sites excluding steroid dienone is 8. The Labute approximate surface area is 187 Å². The monoisotopic (exact) mass is 446 g/mol. The fraction of sp³-hybridized carbons (Fsp3) is 0.333. The third-order valence-corrected chi connectivity index (χ3v) is 4.35. The molecule has 2 unspecified atom stereocenters. The number of hydrogen-bond acceptors (Lipinski definition) is 4. The first-order valence-electron chi connectivity index (χ1n) is 10.0. The van der Waals surface area contributed by atoms with Crippen LogP contribution in [0.5, 0.6) is 0 Å². The average molecular weight is 446 g/mol. The molecule has 174 valence electrons. The van der Waals surface area contributed by atoms with Crippen LogP contribution in [0.2, 0.25) is 0 Å². The summed E-state index contributed by atoms with van der Waals surface area (Å²) in [4.78, 5) is 41.0. The second-order valence-electron chi connectivity index (χ2n) is 6.69. The Morgan fingerprint density at radius 2 is 1.03 bits per heavy atom. The van der Waals surface area contributed by atoms with Gasteiger partial charge in [-0.15, -0.1) is 0 Å². The summed E-state index contributed by atoms with van der Waals surface area (Å²) in [6.45, 7) is 3.68. The number of unbranched alkanes of at least 4 members (excludes halogenated alkanes) is 1. The van der Waals surface area contributed by atoms with Gasteiger partial charge in [-0.1, -0.05) is 60.8 Å². The standard InChI is InChI=1S/2C9H10O2.C6H10O4/c2*1-2-7-5-3-4-6-8(7)9(10)11;7-5(8)3-1-2-4-6(9)10/h2*2-6,8H,1H3,(H,10,11);1-4H2,(H,7,8)(H,9,10). The zero-order chi connectivity index (χ0) is 24.5. The normalized spacial score (nSPS) is 20.7. The van der Waals surface area contributed by atoms with Gasteiger partial charge in [0.25, 0.3) is 0 Å². The summed E-state index contributed by atoms with van der Waals surface area (Å²) in [5.41, 5.74) is 1.69. The SMILES string of the molecule is CC=C1C=CC=CC1C(=O)O.CC=C1C=CC=CC1C(=O)O.O=C(O)CCCCC(=O)O. The molecule has 0 aliphatic heterocycles. The van der Waals surface area contributed by atoms with E-state index in [1.54, 1.807) is 24.3 Å². The smallest absolute Gasteiger partial charge is 0.314 e. The molecule has 0 aromatic carbocycles. The molecule has 0 aromatic rings. The van der Waals surface area contributed by atoms with Gasteiger partial charge < -0.3 is 20.4 Å². The molecule has 0 saturated heterocycles. The van der Waals surface area contributed by atoms with Gasteiger partial charge >= 0.3 is 23.9 Å². The molecule has 0 spiro atoms. The average Bonchev–Trinajstić information content (AvgIpc) is 2.77. The van der Waals surface area contributed by atoms with Crippen molar-refractivity contribution in [3.05, 3.63) is 71.9 Å². The van der Waals surface area contributed by atoms with E-state index in [2.05, 4.69) is 0 Å². The molecule has 2 rings (SSSR count). The molecule has 0 saturated carbocycles. The maximum atomic E-state index is 10.6. The highest BCUT2D eigenvalue weighted by Gasteiger charge is 2.18. The van der Waals surface area contributed by atoms with Crippen LogP contribution in [0, 0.1) is 11.8 Å². The summed E-state index contributed by atoms with van der Waals surface area (Å²) in [5, 5.41) is 33.7. The molecule has 32 heavy (non-hydrogen) atoms. The molecular formula is C24H30O8. The molecule has 0 amide bonds. The van der Waals surface area contributed by atoms with E-state index in [0.717, 1.165) is 11.1 Å². The van der Waals surface area contributed by atoms with Crippen LogP contribution in [0.3, 0.4) is 0 Å². The highest BCUT2D eigenvalue weighted by atomic mass is 16.4. The Hall–Kier alpha value is -3.68. The minimum atomic E-state index is -0.870. The van der Waals surface area contributed by atoms with E-state index in [0.29, 0.717) is 12.8 Å². The first-order valence-corrected chi connectivity index (χ1v) is 10.0. The maximum absolute atomic E-state index is 10.6.